The number of rotatable bonds is 4. The predicted molar refractivity (Wildman–Crippen MR) is 92.2 cm³/mol. The number of nitrogens with one attached hydrogen (secondary N) is 2. The zero-order chi connectivity index (χ0) is 18.3. The number of ether oxygens (including phenoxy) is 1. The quantitative estimate of drug-likeness (QED) is 0.664. The summed E-state index contributed by atoms with van der Waals surface area (Å²) in [6.45, 7) is 1.50. The van der Waals surface area contributed by atoms with Crippen LogP contribution in [0.25, 0.3) is 11.2 Å². The molecule has 1 atom stereocenters. The highest BCUT2D eigenvalue weighted by molar-refractivity contribution is 6.00. The molecule has 1 aliphatic carbocycles. The number of amides is 1. The lowest BCUT2D eigenvalue weighted by atomic mass is 10.1. The van der Waals surface area contributed by atoms with Gasteiger partial charge < -0.3 is 20.1 Å². The standard InChI is InChI=1S/C18H16N4O4/c1-9(23)21-14-5-3-10-2-4-11(6-12(10)14)26-15-8-20-17-16(22-15)13(7-19-17)18(24)25/h2,4,6-8,14H,3,5H2,1H3,(H,19,20)(H,21,23)(H,24,25). The molecule has 0 radical (unpaired) electrons. The minimum Gasteiger partial charge on any atom is -0.478 e. The Balaban J connectivity index is 1.64. The van der Waals surface area contributed by atoms with Crippen molar-refractivity contribution >= 4 is 23.0 Å². The van der Waals surface area contributed by atoms with E-state index in [-0.39, 0.29) is 28.9 Å². The topological polar surface area (TPSA) is 117 Å². The van der Waals surface area contributed by atoms with Crippen molar-refractivity contribution in [3.05, 3.63) is 47.3 Å². The van der Waals surface area contributed by atoms with E-state index in [9.17, 15) is 14.7 Å². The number of hydrogen-bond acceptors (Lipinski definition) is 5. The fraction of sp³-hybridized carbons (Fsp3) is 0.222. The predicted octanol–water partition coefficient (Wildman–Crippen LogP) is 2.57. The van der Waals surface area contributed by atoms with Crippen molar-refractivity contribution in [2.75, 3.05) is 0 Å². The largest absolute Gasteiger partial charge is 0.478 e. The van der Waals surface area contributed by atoms with Gasteiger partial charge in [0.15, 0.2) is 5.65 Å². The van der Waals surface area contributed by atoms with Crippen LogP contribution in [0, 0.1) is 0 Å². The van der Waals surface area contributed by atoms with Crippen molar-refractivity contribution in [2.24, 2.45) is 0 Å². The summed E-state index contributed by atoms with van der Waals surface area (Å²) in [5.74, 6) is -0.395. The van der Waals surface area contributed by atoms with Crippen molar-refractivity contribution in [1.29, 1.82) is 0 Å². The van der Waals surface area contributed by atoms with E-state index in [2.05, 4.69) is 20.3 Å². The number of carboxylic acids is 1. The van der Waals surface area contributed by atoms with Gasteiger partial charge in [-0.2, -0.15) is 0 Å². The molecular weight excluding hydrogens is 336 g/mol. The summed E-state index contributed by atoms with van der Waals surface area (Å²) in [6, 6.07) is 5.65. The molecule has 0 spiro atoms. The normalized spacial score (nSPS) is 15.7. The zero-order valence-corrected chi connectivity index (χ0v) is 13.9. The van der Waals surface area contributed by atoms with E-state index in [1.807, 2.05) is 18.2 Å². The third-order valence-corrected chi connectivity index (χ3v) is 4.38. The van der Waals surface area contributed by atoms with E-state index < -0.39 is 5.97 Å². The molecule has 1 aromatic carbocycles. The van der Waals surface area contributed by atoms with Crippen LogP contribution >= 0.6 is 0 Å². The lowest BCUT2D eigenvalue weighted by Gasteiger charge is -2.13. The molecule has 3 aromatic rings. The van der Waals surface area contributed by atoms with Crippen molar-refractivity contribution in [3.8, 4) is 11.6 Å². The second-order valence-electron chi connectivity index (χ2n) is 6.17. The molecule has 1 amide bonds. The monoisotopic (exact) mass is 352 g/mol. The van der Waals surface area contributed by atoms with Crippen LogP contribution < -0.4 is 10.1 Å². The van der Waals surface area contributed by atoms with Crippen LogP contribution in [0.3, 0.4) is 0 Å². The molecule has 26 heavy (non-hydrogen) atoms. The van der Waals surface area contributed by atoms with Gasteiger partial charge in [-0.25, -0.2) is 14.8 Å². The highest BCUT2D eigenvalue weighted by atomic mass is 16.5. The minimum absolute atomic E-state index is 0.0251. The van der Waals surface area contributed by atoms with Crippen LogP contribution in [0.2, 0.25) is 0 Å². The van der Waals surface area contributed by atoms with E-state index in [4.69, 9.17) is 4.74 Å². The Labute approximate surface area is 148 Å². The van der Waals surface area contributed by atoms with Crippen molar-refractivity contribution in [2.45, 2.75) is 25.8 Å². The average Bonchev–Trinajstić information content (AvgIpc) is 3.18. The highest BCUT2D eigenvalue weighted by Gasteiger charge is 2.24. The fourth-order valence-electron chi connectivity index (χ4n) is 3.25. The van der Waals surface area contributed by atoms with Gasteiger partial charge in [-0.3, -0.25) is 4.79 Å². The van der Waals surface area contributed by atoms with Crippen LogP contribution in [0.4, 0.5) is 0 Å². The van der Waals surface area contributed by atoms with Gasteiger partial charge in [-0.05, 0) is 36.1 Å². The molecule has 1 aliphatic rings. The Morgan fingerprint density at radius 1 is 1.38 bits per heavy atom. The Hall–Kier alpha value is -3.42. The summed E-state index contributed by atoms with van der Waals surface area (Å²) >= 11 is 0. The number of H-pyrrole nitrogens is 1. The smallest absolute Gasteiger partial charge is 0.339 e. The maximum absolute atomic E-state index is 11.4. The van der Waals surface area contributed by atoms with E-state index in [1.54, 1.807) is 0 Å². The van der Waals surface area contributed by atoms with Crippen molar-refractivity contribution in [3.63, 3.8) is 0 Å². The number of carbonyl (C=O) groups excluding carboxylic acids is 1. The van der Waals surface area contributed by atoms with Gasteiger partial charge in [0, 0.05) is 13.1 Å². The number of carboxylic acid groups (broad SMARTS) is 1. The molecule has 132 valence electrons. The van der Waals surface area contributed by atoms with E-state index in [1.165, 1.54) is 24.9 Å². The van der Waals surface area contributed by atoms with Crippen molar-refractivity contribution in [1.82, 2.24) is 20.3 Å². The number of aryl methyl sites for hydroxylation is 1. The fourth-order valence-corrected chi connectivity index (χ4v) is 3.25. The van der Waals surface area contributed by atoms with Crippen molar-refractivity contribution < 1.29 is 19.4 Å². The van der Waals surface area contributed by atoms with Gasteiger partial charge >= 0.3 is 5.97 Å². The van der Waals surface area contributed by atoms with Gasteiger partial charge in [0.1, 0.15) is 16.8 Å². The SMILES string of the molecule is CC(=O)NC1CCc2ccc(Oc3cnc4[nH]cc(C(=O)O)c4n3)cc21. The maximum Gasteiger partial charge on any atom is 0.339 e. The number of carbonyl (C=O) groups is 2. The number of aromatic amines is 1. The first-order valence-corrected chi connectivity index (χ1v) is 8.16. The molecule has 8 heteroatoms. The third kappa shape index (κ3) is 2.85. The molecule has 2 heterocycles. The Morgan fingerprint density at radius 3 is 3.00 bits per heavy atom. The van der Waals surface area contributed by atoms with Gasteiger partial charge in [-0.15, -0.1) is 0 Å². The lowest BCUT2D eigenvalue weighted by Crippen LogP contribution is -2.24. The van der Waals surface area contributed by atoms with E-state index in [0.717, 1.165) is 18.4 Å². The summed E-state index contributed by atoms with van der Waals surface area (Å²) in [5.41, 5.74) is 2.87. The van der Waals surface area contributed by atoms with Crippen LogP contribution in [-0.4, -0.2) is 31.9 Å². The number of hydrogen-bond donors (Lipinski definition) is 3. The molecule has 1 unspecified atom stereocenters. The Bertz CT molecular complexity index is 1030. The molecular formula is C18H16N4O4. The van der Waals surface area contributed by atoms with E-state index in [0.29, 0.717) is 11.4 Å². The first kappa shape index (κ1) is 16.1. The molecule has 0 fully saturated rings. The van der Waals surface area contributed by atoms with Crippen LogP contribution in [0.15, 0.2) is 30.6 Å². The number of aromatic carboxylic acids is 1. The number of nitrogens with zero attached hydrogens (tertiary/aromatic N) is 2. The first-order chi connectivity index (χ1) is 12.5. The molecule has 2 aromatic heterocycles. The average molecular weight is 352 g/mol. The van der Waals surface area contributed by atoms with Crippen LogP contribution in [-0.2, 0) is 11.2 Å². The molecule has 3 N–H and O–H groups in total. The maximum atomic E-state index is 11.4. The summed E-state index contributed by atoms with van der Waals surface area (Å²) in [6.07, 6.45) is 4.54. The summed E-state index contributed by atoms with van der Waals surface area (Å²) in [5, 5.41) is 12.1. The van der Waals surface area contributed by atoms with Gasteiger partial charge in [0.05, 0.1) is 12.2 Å². The van der Waals surface area contributed by atoms with Gasteiger partial charge in [0.2, 0.25) is 11.8 Å². The second kappa shape index (κ2) is 6.14. The Morgan fingerprint density at radius 2 is 2.23 bits per heavy atom. The van der Waals surface area contributed by atoms with Gasteiger partial charge in [-0.1, -0.05) is 6.07 Å². The molecule has 0 saturated heterocycles. The van der Waals surface area contributed by atoms with E-state index >= 15 is 0 Å². The summed E-state index contributed by atoms with van der Waals surface area (Å²) in [4.78, 5) is 33.8. The molecule has 4 rings (SSSR count). The first-order valence-electron chi connectivity index (χ1n) is 8.16. The minimum atomic E-state index is -1.08. The molecule has 8 nitrogen and oxygen atoms in total. The van der Waals surface area contributed by atoms with Crippen LogP contribution in [0.5, 0.6) is 11.6 Å². The number of aromatic nitrogens is 3. The summed E-state index contributed by atoms with van der Waals surface area (Å²) in [7, 11) is 0. The molecule has 0 saturated carbocycles. The number of fused-ring (bicyclic) bond motifs is 2. The zero-order valence-electron chi connectivity index (χ0n) is 13.9. The number of benzene rings is 1. The summed E-state index contributed by atoms with van der Waals surface area (Å²) < 4.78 is 5.78. The van der Waals surface area contributed by atoms with Crippen LogP contribution in [0.1, 0.15) is 40.9 Å². The van der Waals surface area contributed by atoms with Gasteiger partial charge in [0.25, 0.3) is 0 Å². The molecule has 0 bridgehead atoms. The highest BCUT2D eigenvalue weighted by Crippen LogP contribution is 2.35. The third-order valence-electron chi connectivity index (χ3n) is 4.38. The second-order valence-corrected chi connectivity index (χ2v) is 6.17. The molecule has 0 aliphatic heterocycles. The Kier molecular flexibility index (Phi) is 3.80. The lowest BCUT2D eigenvalue weighted by molar-refractivity contribution is -0.119.